The summed E-state index contributed by atoms with van der Waals surface area (Å²) in [6.07, 6.45) is -32.8. The lowest BCUT2D eigenvalue weighted by Gasteiger charge is -2.46. The van der Waals surface area contributed by atoms with Crippen LogP contribution in [-0.2, 0) is 57.1 Å². The molecule has 4 saturated heterocycles. The van der Waals surface area contributed by atoms with Crippen molar-refractivity contribution in [1.82, 2.24) is 37.2 Å². The van der Waals surface area contributed by atoms with Crippen molar-refractivity contribution in [1.29, 1.82) is 0 Å². The van der Waals surface area contributed by atoms with Crippen LogP contribution in [0.5, 0.6) is 0 Å². The van der Waals surface area contributed by atoms with Gasteiger partial charge in [0, 0.05) is 33.1 Å². The van der Waals surface area contributed by atoms with E-state index in [9.17, 15) is 85.6 Å². The highest BCUT2D eigenvalue weighted by atomic mass is 16.8. The molecule has 406 valence electrons. The fourth-order valence-corrected chi connectivity index (χ4v) is 7.35. The maximum absolute atomic E-state index is 13.0. The summed E-state index contributed by atoms with van der Waals surface area (Å²) < 4.78 is 44.0. The lowest BCUT2D eigenvalue weighted by atomic mass is 9.96. The summed E-state index contributed by atoms with van der Waals surface area (Å²) >= 11 is 0. The highest BCUT2D eigenvalue weighted by Crippen LogP contribution is 2.31. The Bertz CT molecular complexity index is 1620. The zero-order chi connectivity index (χ0) is 51.8. The number of rotatable bonds is 26. The van der Waals surface area contributed by atoms with Crippen LogP contribution in [0, 0.1) is 0 Å². The normalized spacial score (nSPS) is 37.9. The maximum Gasteiger partial charge on any atom is 0.248 e. The molecule has 0 saturated carbocycles. The summed E-state index contributed by atoms with van der Waals surface area (Å²) in [4.78, 5) is 51.3. The van der Waals surface area contributed by atoms with Gasteiger partial charge >= 0.3 is 0 Å². The van der Waals surface area contributed by atoms with Crippen LogP contribution in [0.2, 0.25) is 0 Å². The molecule has 20 atom stereocenters. The molecule has 4 rings (SSSR count). The minimum atomic E-state index is -1.97. The van der Waals surface area contributed by atoms with E-state index in [2.05, 4.69) is 32.3 Å². The molecule has 0 spiro atoms. The molecular formula is C38H69N7O25. The van der Waals surface area contributed by atoms with Gasteiger partial charge in [0.2, 0.25) is 23.6 Å². The van der Waals surface area contributed by atoms with Crippen LogP contribution in [0.3, 0.4) is 0 Å². The van der Waals surface area contributed by atoms with Gasteiger partial charge in [-0.25, -0.2) is 10.9 Å². The van der Waals surface area contributed by atoms with Gasteiger partial charge in [-0.15, -0.1) is 0 Å². The topological polar surface area (TPSA) is 481 Å². The molecule has 32 heteroatoms. The van der Waals surface area contributed by atoms with Crippen LogP contribution >= 0.6 is 0 Å². The molecule has 4 aliphatic rings. The highest BCUT2D eigenvalue weighted by molar-refractivity contribution is 5.84. The molecule has 0 aromatic heterocycles. The lowest BCUT2D eigenvalue weighted by Crippen LogP contribution is -2.65. The first kappa shape index (κ1) is 59.5. The quantitative estimate of drug-likeness (QED) is 0.0283. The number of amides is 4. The van der Waals surface area contributed by atoms with E-state index in [1.165, 1.54) is 14.0 Å². The molecule has 4 fully saturated rings. The Morgan fingerprint density at radius 2 is 0.957 bits per heavy atom. The SMILES string of the molecule is CNC(=O)CCNC(=O)CN(CC(=O)NNCCO[C@@H]1O[C@@H](C)[C@@H](O)[C@@H](O)[C@@H]1O)CC(=O)NNCCO[C@H]1O[C@H](CO[C@H]2O[C@H](CO)[C@@H](O)[C@H](O)[C@@H]2O)[C@@H](O)[C@H](O[C@H]2O[C@H](CO)[C@@H](O)[C@H](O)[C@@H]2O)[C@@H]1O. The molecule has 0 aliphatic carbocycles. The Kier molecular flexibility index (Phi) is 24.6. The van der Waals surface area contributed by atoms with Crippen molar-refractivity contribution in [3.8, 4) is 0 Å². The number of ether oxygens (including phenoxy) is 8. The van der Waals surface area contributed by atoms with E-state index in [-0.39, 0.29) is 45.2 Å². The number of carbonyl (C=O) groups is 4. The maximum atomic E-state index is 13.0. The fraction of sp³-hybridized carbons (Fsp3) is 0.895. The third kappa shape index (κ3) is 16.7. The third-order valence-electron chi connectivity index (χ3n) is 11.4. The molecule has 0 radical (unpaired) electrons. The Labute approximate surface area is 399 Å². The van der Waals surface area contributed by atoms with Crippen molar-refractivity contribution in [2.24, 2.45) is 0 Å². The monoisotopic (exact) mass is 1020 g/mol. The summed E-state index contributed by atoms with van der Waals surface area (Å²) in [5, 5.41) is 138. The zero-order valence-corrected chi connectivity index (χ0v) is 38.2. The number of aliphatic hydroxyl groups is 13. The van der Waals surface area contributed by atoms with Crippen molar-refractivity contribution in [3.05, 3.63) is 0 Å². The number of hydrogen-bond acceptors (Lipinski definition) is 28. The Balaban J connectivity index is 1.32. The first-order valence-electron chi connectivity index (χ1n) is 22.3. The lowest BCUT2D eigenvalue weighted by molar-refractivity contribution is -0.366. The highest BCUT2D eigenvalue weighted by Gasteiger charge is 2.52. The summed E-state index contributed by atoms with van der Waals surface area (Å²) in [6.45, 7) is -3.23. The van der Waals surface area contributed by atoms with Crippen molar-refractivity contribution in [2.45, 2.75) is 136 Å². The first-order chi connectivity index (χ1) is 33.2. The number of hydrazine groups is 2. The molecule has 4 aliphatic heterocycles. The molecule has 0 unspecified atom stereocenters. The van der Waals surface area contributed by atoms with Crippen LogP contribution in [0.15, 0.2) is 0 Å². The zero-order valence-electron chi connectivity index (χ0n) is 38.2. The van der Waals surface area contributed by atoms with Gasteiger partial charge in [0.1, 0.15) is 91.6 Å². The second-order valence-electron chi connectivity index (χ2n) is 16.6. The van der Waals surface area contributed by atoms with E-state index >= 15 is 0 Å². The van der Waals surface area contributed by atoms with E-state index in [0.717, 1.165) is 4.90 Å². The molecule has 19 N–H and O–H groups in total. The Morgan fingerprint density at radius 1 is 0.500 bits per heavy atom. The van der Waals surface area contributed by atoms with Gasteiger partial charge in [0.05, 0.1) is 58.8 Å². The van der Waals surface area contributed by atoms with Gasteiger partial charge in [-0.3, -0.25) is 34.9 Å². The molecule has 0 aromatic rings. The molecule has 70 heavy (non-hydrogen) atoms. The van der Waals surface area contributed by atoms with Crippen molar-refractivity contribution >= 4 is 23.6 Å². The predicted molar refractivity (Wildman–Crippen MR) is 224 cm³/mol. The summed E-state index contributed by atoms with van der Waals surface area (Å²) in [7, 11) is 1.41. The number of nitrogens with zero attached hydrogens (tertiary/aromatic N) is 1. The number of hydrogen-bond donors (Lipinski definition) is 19. The minimum Gasteiger partial charge on any atom is -0.394 e. The Morgan fingerprint density at radius 3 is 1.49 bits per heavy atom. The second kappa shape index (κ2) is 29.0. The standard InChI is InChI=1S/C38H69N7O25/c1-15-23(52)27(56)30(59)35(66-15)63-7-5-41-43-21(50)10-45(9-20(49)40-4-3-19(48)39-2)11-22(51)44-42-6-8-64-37-33(62)34(70-38-32(61)29(58)25(54)17(13-47)68-38)26(55)18(69-37)14-65-36-31(60)28(57)24(53)16(12-46)67-36/h15-18,23-38,41-42,46-47,52-62H,3-14H2,1-2H3,(H,39,48)(H,40,49)(H,43,50)(H,44,51)/t15-,16+,17+,18+,23+,24+,25+,26+,27+,28-,29-,30-,31-,32-,33-,34-,35+,36-,37-,38+/m0/s1. The molecule has 0 aromatic carbocycles. The molecule has 4 heterocycles. The average molecular weight is 1020 g/mol. The fourth-order valence-electron chi connectivity index (χ4n) is 7.35. The predicted octanol–water partition coefficient (Wildman–Crippen LogP) is -12.9. The molecule has 32 nitrogen and oxygen atoms in total. The summed E-state index contributed by atoms with van der Waals surface area (Å²) in [6, 6.07) is 0. The van der Waals surface area contributed by atoms with Crippen molar-refractivity contribution < 1.29 is 123 Å². The van der Waals surface area contributed by atoms with Crippen LogP contribution < -0.4 is 32.3 Å². The third-order valence-corrected chi connectivity index (χ3v) is 11.4. The van der Waals surface area contributed by atoms with E-state index in [1.54, 1.807) is 0 Å². The van der Waals surface area contributed by atoms with Crippen LogP contribution in [0.4, 0.5) is 0 Å². The van der Waals surface area contributed by atoms with Gasteiger partial charge in [-0.1, -0.05) is 0 Å². The van der Waals surface area contributed by atoms with Gasteiger partial charge < -0.3 is 115 Å². The molecule has 4 amide bonds. The van der Waals surface area contributed by atoms with E-state index in [4.69, 9.17) is 37.9 Å². The summed E-state index contributed by atoms with van der Waals surface area (Å²) in [5.74, 6) is -2.47. The van der Waals surface area contributed by atoms with E-state index in [1.807, 2.05) is 0 Å². The smallest absolute Gasteiger partial charge is 0.248 e. The van der Waals surface area contributed by atoms with Crippen LogP contribution in [0.1, 0.15) is 13.3 Å². The van der Waals surface area contributed by atoms with Gasteiger partial charge in [-0.05, 0) is 6.92 Å². The van der Waals surface area contributed by atoms with Crippen LogP contribution in [-0.4, -0.2) is 297 Å². The number of nitrogens with one attached hydrogen (secondary N) is 6. The van der Waals surface area contributed by atoms with E-state index in [0.29, 0.717) is 0 Å². The van der Waals surface area contributed by atoms with Crippen LogP contribution in [0.25, 0.3) is 0 Å². The molecule has 0 bridgehead atoms. The van der Waals surface area contributed by atoms with Gasteiger partial charge in [-0.2, -0.15) is 0 Å². The average Bonchev–Trinajstić information content (AvgIpc) is 3.33. The minimum absolute atomic E-state index is 0.0379. The van der Waals surface area contributed by atoms with E-state index < -0.39 is 180 Å². The Hall–Kier alpha value is -3.08. The second-order valence-corrected chi connectivity index (χ2v) is 16.6. The largest absolute Gasteiger partial charge is 0.394 e. The summed E-state index contributed by atoms with van der Waals surface area (Å²) in [5.41, 5.74) is 9.81. The van der Waals surface area contributed by atoms with Crippen molar-refractivity contribution in [3.63, 3.8) is 0 Å². The molecular weight excluding hydrogens is 954 g/mol. The number of carbonyl (C=O) groups excluding carboxylic acids is 4. The van der Waals surface area contributed by atoms with Crippen molar-refractivity contribution in [2.75, 3.05) is 79.4 Å². The number of aliphatic hydroxyl groups excluding tert-OH is 13. The first-order valence-corrected chi connectivity index (χ1v) is 22.3. The van der Waals surface area contributed by atoms with Gasteiger partial charge in [0.15, 0.2) is 25.2 Å². The van der Waals surface area contributed by atoms with Gasteiger partial charge in [0.25, 0.3) is 0 Å².